The number of allylic oxidation sites excluding steroid dienone is 4. The van der Waals surface area contributed by atoms with Gasteiger partial charge in [-0.2, -0.15) is 0 Å². The van der Waals surface area contributed by atoms with Crippen LogP contribution in [0.4, 0.5) is 0 Å². The molecule has 0 spiro atoms. The third-order valence-electron chi connectivity index (χ3n) is 8.88. The molecule has 2 heteroatoms. The summed E-state index contributed by atoms with van der Waals surface area (Å²) in [5.41, 5.74) is 4.81. The van der Waals surface area contributed by atoms with Crippen LogP contribution in [0.5, 0.6) is 0 Å². The van der Waals surface area contributed by atoms with Gasteiger partial charge in [0.15, 0.2) is 0 Å². The van der Waals surface area contributed by atoms with Crippen LogP contribution in [0.3, 0.4) is 0 Å². The molecule has 2 saturated carbocycles. The van der Waals surface area contributed by atoms with E-state index in [0.717, 1.165) is 11.8 Å². The number of halogens is 2. The van der Waals surface area contributed by atoms with Crippen molar-refractivity contribution in [3.63, 3.8) is 0 Å². The van der Waals surface area contributed by atoms with Gasteiger partial charge in [-0.15, -0.1) is 0 Å². The summed E-state index contributed by atoms with van der Waals surface area (Å²) in [6, 6.07) is 0. The second-order valence-electron chi connectivity index (χ2n) is 9.75. The molecule has 0 amide bonds. The molecule has 4 unspecified atom stereocenters. The Labute approximate surface area is 152 Å². The maximum absolute atomic E-state index is 4.08. The molecule has 4 aliphatic rings. The van der Waals surface area contributed by atoms with Crippen LogP contribution in [-0.2, 0) is 0 Å². The highest BCUT2D eigenvalue weighted by Crippen LogP contribution is 2.76. The van der Waals surface area contributed by atoms with E-state index in [2.05, 4.69) is 73.4 Å². The minimum absolute atomic E-state index is 0.333. The second kappa shape index (κ2) is 4.15. The molecule has 22 heavy (non-hydrogen) atoms. The van der Waals surface area contributed by atoms with Crippen LogP contribution >= 0.6 is 31.9 Å². The number of hydrogen-bond acceptors (Lipinski definition) is 0. The fourth-order valence-electron chi connectivity index (χ4n) is 6.31. The van der Waals surface area contributed by atoms with Gasteiger partial charge in [0.05, 0.1) is 0 Å². The zero-order chi connectivity index (χ0) is 16.3. The Balaban J connectivity index is 1.92. The lowest BCUT2D eigenvalue weighted by atomic mass is 9.69. The molecule has 122 valence electrons. The van der Waals surface area contributed by atoms with Crippen LogP contribution in [0.1, 0.15) is 67.2 Å². The summed E-state index contributed by atoms with van der Waals surface area (Å²) in [4.78, 5) is 0. The highest BCUT2D eigenvalue weighted by molar-refractivity contribution is 9.12. The molecule has 0 saturated heterocycles. The lowest BCUT2D eigenvalue weighted by Crippen LogP contribution is -2.29. The van der Waals surface area contributed by atoms with Crippen molar-refractivity contribution >= 4 is 31.9 Å². The Morgan fingerprint density at radius 2 is 1.00 bits per heavy atom. The van der Waals surface area contributed by atoms with Crippen molar-refractivity contribution < 1.29 is 0 Å². The monoisotopic (exact) mass is 426 g/mol. The van der Waals surface area contributed by atoms with Gasteiger partial charge >= 0.3 is 0 Å². The van der Waals surface area contributed by atoms with Crippen LogP contribution in [0.2, 0.25) is 0 Å². The zero-order valence-electron chi connectivity index (χ0n) is 14.7. The van der Waals surface area contributed by atoms with E-state index in [4.69, 9.17) is 0 Å². The van der Waals surface area contributed by atoms with E-state index in [9.17, 15) is 0 Å². The topological polar surface area (TPSA) is 0 Å². The fraction of sp³-hybridized carbons (Fsp3) is 0.800. The van der Waals surface area contributed by atoms with E-state index in [1.54, 1.807) is 11.1 Å². The average molecular weight is 428 g/mol. The predicted octanol–water partition coefficient (Wildman–Crippen LogP) is 7.20. The molecule has 4 rings (SSSR count). The maximum atomic E-state index is 4.08. The predicted molar refractivity (Wildman–Crippen MR) is 101 cm³/mol. The van der Waals surface area contributed by atoms with E-state index < -0.39 is 0 Å². The Kier molecular flexibility index (Phi) is 3.01. The van der Waals surface area contributed by atoms with Gasteiger partial charge in [0.2, 0.25) is 0 Å². The molecule has 0 aromatic heterocycles. The Morgan fingerprint density at radius 3 is 1.23 bits per heavy atom. The van der Waals surface area contributed by atoms with E-state index in [0.29, 0.717) is 21.7 Å². The van der Waals surface area contributed by atoms with Gasteiger partial charge < -0.3 is 0 Å². The minimum atomic E-state index is 0.333. The van der Waals surface area contributed by atoms with Crippen molar-refractivity contribution in [2.75, 3.05) is 0 Å². The van der Waals surface area contributed by atoms with Gasteiger partial charge in [-0.1, -0.05) is 73.4 Å². The first-order valence-electron chi connectivity index (χ1n) is 8.81. The van der Waals surface area contributed by atoms with Gasteiger partial charge in [-0.25, -0.2) is 0 Å². The smallest absolute Gasteiger partial charge is 0.00535 e. The van der Waals surface area contributed by atoms with Crippen LogP contribution in [0.25, 0.3) is 0 Å². The van der Waals surface area contributed by atoms with Gasteiger partial charge in [-0.05, 0) is 59.5 Å². The Hall–Kier alpha value is 0.440. The summed E-state index contributed by atoms with van der Waals surface area (Å²) in [6.07, 6.45) is 5.40. The third kappa shape index (κ3) is 1.39. The lowest BCUT2D eigenvalue weighted by molar-refractivity contribution is 0.172. The van der Waals surface area contributed by atoms with Crippen LogP contribution in [-0.4, -0.2) is 0 Å². The van der Waals surface area contributed by atoms with Crippen molar-refractivity contribution in [2.45, 2.75) is 67.2 Å². The summed E-state index contributed by atoms with van der Waals surface area (Å²) >= 11 is 8.16. The van der Waals surface area contributed by atoms with Gasteiger partial charge in [0, 0.05) is 19.8 Å². The molecule has 0 heterocycles. The maximum Gasteiger partial charge on any atom is 0.00535 e. The minimum Gasteiger partial charge on any atom is -0.0585 e. The van der Waals surface area contributed by atoms with E-state index in [1.807, 2.05) is 0 Å². The number of fused-ring (bicyclic) bond motifs is 4. The molecule has 4 aliphatic carbocycles. The molecule has 4 atom stereocenters. The second-order valence-corrected chi connectivity index (χ2v) is 11.3. The van der Waals surface area contributed by atoms with E-state index >= 15 is 0 Å². The molecular weight excluding hydrogens is 400 g/mol. The van der Waals surface area contributed by atoms with E-state index in [1.165, 1.54) is 34.6 Å². The molecular formula is C20H28Br2. The third-order valence-corrected chi connectivity index (χ3v) is 11.5. The van der Waals surface area contributed by atoms with Crippen molar-refractivity contribution in [2.24, 2.45) is 33.5 Å². The van der Waals surface area contributed by atoms with Gasteiger partial charge in [0.1, 0.15) is 0 Å². The normalized spacial score (nSPS) is 48.0. The standard InChI is InChI=1S/C20H28Br2/c1-17(2)11-7-9-19(17,5)15(21)13(11)14-12-8-10-20(6,16(14)22)18(12,3)4/h11-12H,7-10H2,1-6H3. The van der Waals surface area contributed by atoms with Crippen LogP contribution in [0.15, 0.2) is 20.1 Å². The molecule has 0 aliphatic heterocycles. The van der Waals surface area contributed by atoms with Crippen LogP contribution in [0, 0.1) is 33.5 Å². The highest BCUT2D eigenvalue weighted by atomic mass is 79.9. The first kappa shape index (κ1) is 15.9. The van der Waals surface area contributed by atoms with Crippen molar-refractivity contribution in [1.29, 1.82) is 0 Å². The first-order valence-corrected chi connectivity index (χ1v) is 10.4. The summed E-state index contributed by atoms with van der Waals surface area (Å²) in [5, 5.41) is 0. The summed E-state index contributed by atoms with van der Waals surface area (Å²) in [6.45, 7) is 14.9. The Bertz CT molecular complexity index is 580. The quantitative estimate of drug-likeness (QED) is 0.415. The van der Waals surface area contributed by atoms with Crippen LogP contribution < -0.4 is 0 Å². The number of hydrogen-bond donors (Lipinski definition) is 0. The largest absolute Gasteiger partial charge is 0.0585 e. The molecule has 4 bridgehead atoms. The van der Waals surface area contributed by atoms with Gasteiger partial charge in [-0.3, -0.25) is 0 Å². The fourth-order valence-corrected chi connectivity index (χ4v) is 8.71. The molecule has 0 nitrogen and oxygen atoms in total. The SMILES string of the molecule is CC12CCC(C(C3=C(Br)C4(C)CCC3C4(C)C)=C1Br)C2(C)C. The molecule has 0 aromatic carbocycles. The molecule has 0 radical (unpaired) electrons. The molecule has 2 fully saturated rings. The summed E-state index contributed by atoms with van der Waals surface area (Å²) in [7, 11) is 0. The highest BCUT2D eigenvalue weighted by Gasteiger charge is 2.66. The summed E-state index contributed by atoms with van der Waals surface area (Å²) < 4.78 is 3.06. The van der Waals surface area contributed by atoms with Crippen molar-refractivity contribution in [1.82, 2.24) is 0 Å². The molecule has 0 aromatic rings. The average Bonchev–Trinajstić information content (AvgIpc) is 2.90. The van der Waals surface area contributed by atoms with Crippen molar-refractivity contribution in [3.05, 3.63) is 20.1 Å². The summed E-state index contributed by atoms with van der Waals surface area (Å²) in [5.74, 6) is 1.46. The Morgan fingerprint density at radius 1 is 0.682 bits per heavy atom. The zero-order valence-corrected chi connectivity index (χ0v) is 17.9. The van der Waals surface area contributed by atoms with E-state index in [-0.39, 0.29) is 0 Å². The van der Waals surface area contributed by atoms with Gasteiger partial charge in [0.25, 0.3) is 0 Å². The molecule has 0 N–H and O–H groups in total. The van der Waals surface area contributed by atoms with Crippen molar-refractivity contribution in [3.8, 4) is 0 Å². The first-order chi connectivity index (χ1) is 10.00. The number of rotatable bonds is 1. The lowest BCUT2D eigenvalue weighted by Gasteiger charge is -2.35.